The minimum absolute atomic E-state index is 0. The molecule has 10 nitrogen and oxygen atoms in total. The van der Waals surface area contributed by atoms with Crippen LogP contribution in [-0.4, -0.2) is 20.2 Å². The minimum Gasteiger partial charge on any atom is -0.662 e. The Morgan fingerprint density at radius 3 is 2.00 bits per heavy atom. The van der Waals surface area contributed by atoms with Gasteiger partial charge in [0.1, 0.15) is 0 Å². The summed E-state index contributed by atoms with van der Waals surface area (Å²) in [4.78, 5) is 16.1. The molecule has 88 valence electrons. The van der Waals surface area contributed by atoms with Gasteiger partial charge in [0.05, 0.1) is 6.67 Å². The number of carbonyl (C=O) groups is 1. The Kier molecular flexibility index (Phi) is 87.3. The van der Waals surface area contributed by atoms with Crippen molar-refractivity contribution in [1.29, 1.82) is 0 Å². The number of hydrogen-bond donors (Lipinski definition) is 2. The van der Waals surface area contributed by atoms with Crippen LogP contribution < -0.4 is 39.5 Å². The van der Waals surface area contributed by atoms with Crippen molar-refractivity contribution >= 4 is 19.3 Å². The zero-order chi connectivity index (χ0) is 11.7. The smallest absolute Gasteiger partial charge is 0.662 e. The summed E-state index contributed by atoms with van der Waals surface area (Å²) in [7, 11) is 1.39. The van der Waals surface area contributed by atoms with E-state index in [9.17, 15) is 0 Å². The maximum Gasteiger partial charge on any atom is 1.00 e. The molecular weight excluding hydrogens is 249 g/mol. The van der Waals surface area contributed by atoms with Gasteiger partial charge >= 0.3 is 29.6 Å². The van der Waals surface area contributed by atoms with Crippen LogP contribution in [0.3, 0.4) is 0 Å². The van der Waals surface area contributed by atoms with Gasteiger partial charge in [-0.15, -0.1) is 0 Å². The molecule has 0 atom stereocenters. The Hall–Kier alpha value is -0.640. The van der Waals surface area contributed by atoms with E-state index >= 15 is 0 Å². The third-order valence-electron chi connectivity index (χ3n) is 0.333. The molecule has 0 fully saturated rings. The molecule has 0 aromatic heterocycles. The molecular formula is C4H12N7NaO3S. The number of nitrogens with zero attached hydrogens (tertiary/aromatic N) is 6. The first-order chi connectivity index (χ1) is 6.74. The molecule has 0 radical (unpaired) electrons. The average Bonchev–Trinajstić information content (AvgIpc) is 2.27. The Labute approximate surface area is 120 Å². The largest absolute Gasteiger partial charge is 1.00 e. The number of hydrogen-bond acceptors (Lipinski definition) is 7. The van der Waals surface area contributed by atoms with Gasteiger partial charge < -0.3 is 10.1 Å². The van der Waals surface area contributed by atoms with Crippen LogP contribution in [-0.2, 0) is 9.68 Å². The first kappa shape index (κ1) is 29.5. The Bertz CT molecular complexity index is 206. The summed E-state index contributed by atoms with van der Waals surface area (Å²) in [5, 5.41) is 14.4. The van der Waals surface area contributed by atoms with E-state index in [1.807, 2.05) is 0 Å². The predicted molar refractivity (Wildman–Crippen MR) is 55.1 cm³/mol. The van der Waals surface area contributed by atoms with Crippen LogP contribution in [0, 0.1) is 0 Å². The van der Waals surface area contributed by atoms with Crippen molar-refractivity contribution in [1.82, 2.24) is 4.72 Å². The third kappa shape index (κ3) is 107. The van der Waals surface area contributed by atoms with E-state index in [-0.39, 0.29) is 50.1 Å². The molecule has 0 bridgehead atoms. The zero-order valence-corrected chi connectivity index (χ0v) is 11.0. The van der Waals surface area contributed by atoms with Crippen LogP contribution in [0.25, 0.3) is 20.9 Å². The van der Waals surface area contributed by atoms with E-state index in [0.29, 0.717) is 0 Å². The fourth-order valence-corrected chi connectivity index (χ4v) is 0.126. The van der Waals surface area contributed by atoms with Crippen molar-refractivity contribution in [2.75, 3.05) is 13.7 Å². The summed E-state index contributed by atoms with van der Waals surface area (Å²) in [5.41, 5.74) is 14.9. The molecule has 0 aliphatic carbocycles. The first-order valence-corrected chi connectivity index (χ1v) is 3.23. The molecule has 0 amide bonds. The van der Waals surface area contributed by atoms with Crippen molar-refractivity contribution in [3.63, 3.8) is 0 Å². The van der Waals surface area contributed by atoms with Gasteiger partial charge in [-0.05, 0) is 11.1 Å². The molecule has 1 N–H and O–H groups in total. The van der Waals surface area contributed by atoms with E-state index in [0.717, 1.165) is 0 Å². The molecule has 12 heteroatoms. The molecule has 0 aliphatic heterocycles. The quantitative estimate of drug-likeness (QED) is 0.0854. The summed E-state index contributed by atoms with van der Waals surface area (Å²) in [6.07, 6.45) is 0. The van der Waals surface area contributed by atoms with Gasteiger partial charge in [-0.1, -0.05) is 30.5 Å². The second-order valence-electron chi connectivity index (χ2n) is 1.03. The summed E-state index contributed by atoms with van der Waals surface area (Å²) in [6, 6.07) is 0. The van der Waals surface area contributed by atoms with Gasteiger partial charge in [0.2, 0.25) is 0 Å². The van der Waals surface area contributed by atoms with Crippen molar-refractivity contribution in [3.8, 4) is 0 Å². The van der Waals surface area contributed by atoms with Crippen molar-refractivity contribution in [3.05, 3.63) is 20.9 Å². The molecule has 0 saturated carbocycles. The summed E-state index contributed by atoms with van der Waals surface area (Å²) in [5.74, 6) is 0. The standard InChI is InChI=1S/CH4N4S.CH3N3.CH2O3.CH4.Na/c2-5-3-1-4-6;1-3-4-2;2-1-4-3;;/h4,6H,1H2;1H3;1,3H;1H4;/q;;;;+1/p-1. The molecule has 0 spiro atoms. The number of carbonyl (C=O) groups excluding carboxylic acids is 1. The molecule has 0 saturated heterocycles. The summed E-state index contributed by atoms with van der Waals surface area (Å²) >= 11 is 3.54. The van der Waals surface area contributed by atoms with Gasteiger partial charge in [-0.3, -0.25) is 9.52 Å². The van der Waals surface area contributed by atoms with Crippen LogP contribution >= 0.6 is 12.8 Å². The maximum absolute atomic E-state index is 8.64. The Morgan fingerprint density at radius 1 is 1.56 bits per heavy atom. The normalized spacial score (nSPS) is 4.94. The van der Waals surface area contributed by atoms with Gasteiger partial charge in [0.15, 0.2) is 0 Å². The summed E-state index contributed by atoms with van der Waals surface area (Å²) < 4.78 is 2.34. The summed E-state index contributed by atoms with van der Waals surface area (Å²) in [6.45, 7) is 0.0552. The van der Waals surface area contributed by atoms with E-state index in [4.69, 9.17) is 21.1 Å². The molecule has 0 rings (SSSR count). The number of thiol groups is 1. The number of nitrogens with one attached hydrogen (secondary N) is 1. The Balaban J connectivity index is -0.0000000367. The monoisotopic (exact) mass is 261 g/mol. The van der Waals surface area contributed by atoms with E-state index in [2.05, 4.69) is 42.5 Å². The molecule has 16 heavy (non-hydrogen) atoms. The van der Waals surface area contributed by atoms with Gasteiger partial charge in [-0.25, -0.2) is 0 Å². The van der Waals surface area contributed by atoms with Crippen molar-refractivity contribution in [2.24, 2.45) is 10.2 Å². The van der Waals surface area contributed by atoms with Crippen molar-refractivity contribution < 1.29 is 44.5 Å². The molecule has 0 aromatic carbocycles. The molecule has 0 unspecified atom stereocenters. The fourth-order valence-electron chi connectivity index (χ4n) is 0.0632. The zero-order valence-electron chi connectivity index (χ0n) is 8.14. The van der Waals surface area contributed by atoms with Crippen LogP contribution in [0.2, 0.25) is 0 Å². The van der Waals surface area contributed by atoms with Crippen LogP contribution in [0.1, 0.15) is 7.43 Å². The maximum atomic E-state index is 8.64. The Morgan fingerprint density at radius 2 is 1.94 bits per heavy atom. The SMILES string of the molecule is C.CN=[N+]=[N-].O=CO[O-].[N-]=[N+]=NCNS.[Na+]. The van der Waals surface area contributed by atoms with Crippen LogP contribution in [0.5, 0.6) is 0 Å². The first-order valence-electron chi connectivity index (χ1n) is 2.78. The van der Waals surface area contributed by atoms with E-state index in [1.54, 1.807) is 0 Å². The second kappa shape index (κ2) is 47.3. The number of rotatable bonds is 3. The van der Waals surface area contributed by atoms with Gasteiger partial charge in [0, 0.05) is 16.9 Å². The molecule has 0 aromatic rings. The average molecular weight is 261 g/mol. The van der Waals surface area contributed by atoms with Gasteiger partial charge in [-0.2, -0.15) is 0 Å². The van der Waals surface area contributed by atoms with Crippen molar-refractivity contribution in [2.45, 2.75) is 7.43 Å². The predicted octanol–water partition coefficient (Wildman–Crippen LogP) is -2.31. The van der Waals surface area contributed by atoms with Gasteiger partial charge in [0.25, 0.3) is 6.47 Å². The second-order valence-corrected chi connectivity index (χ2v) is 1.35. The van der Waals surface area contributed by atoms with Crippen LogP contribution in [0.15, 0.2) is 10.2 Å². The van der Waals surface area contributed by atoms with E-state index < -0.39 is 0 Å². The minimum atomic E-state index is -0.181. The van der Waals surface area contributed by atoms with E-state index in [1.165, 1.54) is 7.05 Å². The fraction of sp³-hybridized carbons (Fsp3) is 0.750. The topological polar surface area (TPSA) is 159 Å². The molecule has 0 aliphatic rings. The van der Waals surface area contributed by atoms with Crippen LogP contribution in [0.4, 0.5) is 0 Å². The molecule has 0 heterocycles. The number of azide groups is 2. The third-order valence-corrected chi connectivity index (χ3v) is 0.475.